The van der Waals surface area contributed by atoms with Gasteiger partial charge in [0.05, 0.1) is 6.54 Å². The number of anilines is 1. The third-order valence-corrected chi connectivity index (χ3v) is 2.25. The first kappa shape index (κ1) is 13.9. The van der Waals surface area contributed by atoms with Gasteiger partial charge in [-0.3, -0.25) is 9.36 Å². The van der Waals surface area contributed by atoms with Crippen LogP contribution < -0.4 is 10.2 Å². The normalized spacial score (nSPS) is 10.5. The number of nitrogens with one attached hydrogen (secondary N) is 1. The summed E-state index contributed by atoms with van der Waals surface area (Å²) in [7, 11) is 3.26. The first-order valence-corrected chi connectivity index (χ1v) is 5.49. The highest BCUT2D eigenvalue weighted by molar-refractivity contribution is 5.81. The number of aromatic nitrogens is 2. The molecular weight excluding hydrogens is 238 g/mol. The Morgan fingerprint density at radius 2 is 2.28 bits per heavy atom. The maximum atomic E-state index is 11.6. The summed E-state index contributed by atoms with van der Waals surface area (Å²) in [5, 5.41) is 13.5. The van der Waals surface area contributed by atoms with E-state index in [2.05, 4.69) is 10.3 Å². The summed E-state index contributed by atoms with van der Waals surface area (Å²) >= 11 is 0. The fraction of sp³-hybridized carbons (Fsp3) is 0.600. The summed E-state index contributed by atoms with van der Waals surface area (Å²) in [5.74, 6) is -0.140. The number of carbonyl (C=O) groups excluding carboxylic acids is 1. The molecule has 0 radical (unpaired) electrons. The van der Waals surface area contributed by atoms with Crippen molar-refractivity contribution in [3.05, 3.63) is 16.4 Å². The molecule has 0 saturated heterocycles. The highest BCUT2D eigenvalue weighted by Crippen LogP contribution is 2.24. The van der Waals surface area contributed by atoms with E-state index in [0.717, 1.165) is 0 Å². The zero-order valence-electron chi connectivity index (χ0n) is 10.9. The number of imidazole rings is 1. The molecule has 8 nitrogen and oxygen atoms in total. The number of likely N-dealkylation sites (N-methyl/N-ethyl adjacent to an activating group) is 1. The maximum absolute atomic E-state index is 11.6. The molecule has 1 amide bonds. The van der Waals surface area contributed by atoms with Crippen LogP contribution in [0.5, 0.6) is 0 Å². The van der Waals surface area contributed by atoms with E-state index in [9.17, 15) is 14.9 Å². The Morgan fingerprint density at radius 1 is 1.67 bits per heavy atom. The molecule has 18 heavy (non-hydrogen) atoms. The van der Waals surface area contributed by atoms with Gasteiger partial charge in [-0.25, -0.2) is 0 Å². The van der Waals surface area contributed by atoms with Gasteiger partial charge in [-0.2, -0.15) is 0 Å². The Hall–Kier alpha value is -2.12. The fourth-order valence-electron chi connectivity index (χ4n) is 1.64. The molecule has 0 bridgehead atoms. The summed E-state index contributed by atoms with van der Waals surface area (Å²) in [6.45, 7) is 3.74. The van der Waals surface area contributed by atoms with Crippen LogP contribution in [0.2, 0.25) is 0 Å². The number of aryl methyl sites for hydroxylation is 1. The van der Waals surface area contributed by atoms with Crippen molar-refractivity contribution in [2.75, 3.05) is 18.5 Å². The van der Waals surface area contributed by atoms with E-state index >= 15 is 0 Å². The number of carbonyl (C=O) groups is 1. The lowest BCUT2D eigenvalue weighted by atomic mass is 10.4. The standard InChI is InChI=1S/C10H17N5O3/c1-7(2)12-8(16)5-13(3)10-9(15(17)18)11-6-14(10)4/h6-7H,5H2,1-4H3,(H,12,16). The largest absolute Gasteiger partial charge is 0.406 e. The van der Waals surface area contributed by atoms with Gasteiger partial charge in [0.15, 0.2) is 0 Å². The van der Waals surface area contributed by atoms with Crippen LogP contribution >= 0.6 is 0 Å². The molecule has 100 valence electrons. The lowest BCUT2D eigenvalue weighted by Gasteiger charge is -2.18. The number of nitrogens with zero attached hydrogens (tertiary/aromatic N) is 4. The molecule has 0 unspecified atom stereocenters. The van der Waals surface area contributed by atoms with Crippen molar-refractivity contribution < 1.29 is 9.72 Å². The van der Waals surface area contributed by atoms with Crippen LogP contribution in [-0.4, -0.2) is 40.0 Å². The second-order valence-electron chi connectivity index (χ2n) is 4.34. The predicted octanol–water partition coefficient (Wildman–Crippen LogP) is 0.289. The Labute approximate surface area is 105 Å². The SMILES string of the molecule is CC(C)NC(=O)CN(C)c1c([N+](=O)[O-])ncn1C. The molecule has 0 aromatic carbocycles. The molecule has 8 heteroatoms. The molecule has 0 aliphatic rings. The van der Waals surface area contributed by atoms with E-state index in [1.165, 1.54) is 15.8 Å². The average Bonchev–Trinajstić information content (AvgIpc) is 2.58. The summed E-state index contributed by atoms with van der Waals surface area (Å²) in [5.41, 5.74) is 0. The van der Waals surface area contributed by atoms with Gasteiger partial charge < -0.3 is 20.3 Å². The summed E-state index contributed by atoms with van der Waals surface area (Å²) in [6.07, 6.45) is 1.35. The van der Waals surface area contributed by atoms with Crippen molar-refractivity contribution in [1.29, 1.82) is 0 Å². The number of amides is 1. The van der Waals surface area contributed by atoms with Crippen molar-refractivity contribution in [3.8, 4) is 0 Å². The van der Waals surface area contributed by atoms with E-state index in [4.69, 9.17) is 0 Å². The second-order valence-corrected chi connectivity index (χ2v) is 4.34. The van der Waals surface area contributed by atoms with Crippen LogP contribution in [0.25, 0.3) is 0 Å². The Morgan fingerprint density at radius 3 is 2.78 bits per heavy atom. The number of nitro groups is 1. The molecule has 0 spiro atoms. The lowest BCUT2D eigenvalue weighted by Crippen LogP contribution is -2.39. The number of hydrogen-bond acceptors (Lipinski definition) is 5. The minimum Gasteiger partial charge on any atom is -0.358 e. The quantitative estimate of drug-likeness (QED) is 0.603. The predicted molar refractivity (Wildman–Crippen MR) is 66.4 cm³/mol. The van der Waals surface area contributed by atoms with E-state index in [-0.39, 0.29) is 24.3 Å². The van der Waals surface area contributed by atoms with Gasteiger partial charge >= 0.3 is 5.82 Å². The van der Waals surface area contributed by atoms with Crippen LogP contribution in [-0.2, 0) is 11.8 Å². The van der Waals surface area contributed by atoms with Gasteiger partial charge in [0.2, 0.25) is 18.1 Å². The topological polar surface area (TPSA) is 93.3 Å². The van der Waals surface area contributed by atoms with Gasteiger partial charge in [-0.05, 0) is 23.8 Å². The molecule has 1 N–H and O–H groups in total. The summed E-state index contributed by atoms with van der Waals surface area (Å²) < 4.78 is 1.51. The molecule has 0 aliphatic heterocycles. The Kier molecular flexibility index (Phi) is 4.24. The molecule has 0 aliphatic carbocycles. The number of hydrogen-bond donors (Lipinski definition) is 1. The first-order chi connectivity index (χ1) is 8.32. The highest BCUT2D eigenvalue weighted by Gasteiger charge is 2.24. The summed E-state index contributed by atoms with van der Waals surface area (Å²) in [6, 6.07) is 0.0347. The van der Waals surface area contributed by atoms with E-state index in [1.807, 2.05) is 13.8 Å². The van der Waals surface area contributed by atoms with E-state index < -0.39 is 4.92 Å². The monoisotopic (exact) mass is 255 g/mol. The molecule has 0 saturated carbocycles. The Balaban J connectivity index is 2.84. The number of rotatable bonds is 5. The minimum atomic E-state index is -0.563. The van der Waals surface area contributed by atoms with Crippen LogP contribution in [0, 0.1) is 10.1 Å². The van der Waals surface area contributed by atoms with Crippen molar-refractivity contribution in [1.82, 2.24) is 14.9 Å². The minimum absolute atomic E-state index is 0.0347. The van der Waals surface area contributed by atoms with Crippen LogP contribution in [0.3, 0.4) is 0 Å². The van der Waals surface area contributed by atoms with Crippen LogP contribution in [0.15, 0.2) is 6.33 Å². The first-order valence-electron chi connectivity index (χ1n) is 5.49. The van der Waals surface area contributed by atoms with Gasteiger partial charge in [0.1, 0.15) is 0 Å². The smallest absolute Gasteiger partial charge is 0.358 e. The van der Waals surface area contributed by atoms with Crippen molar-refractivity contribution in [2.24, 2.45) is 7.05 Å². The molecule has 0 fully saturated rings. The molecule has 1 aromatic rings. The van der Waals surface area contributed by atoms with Crippen LogP contribution in [0.1, 0.15) is 13.8 Å². The molecular formula is C10H17N5O3. The maximum Gasteiger partial charge on any atom is 0.406 e. The van der Waals surface area contributed by atoms with Crippen molar-refractivity contribution in [2.45, 2.75) is 19.9 Å². The molecule has 0 atom stereocenters. The van der Waals surface area contributed by atoms with Gasteiger partial charge in [-0.15, -0.1) is 0 Å². The lowest BCUT2D eigenvalue weighted by molar-refractivity contribution is -0.388. The fourth-order valence-corrected chi connectivity index (χ4v) is 1.64. The molecule has 1 aromatic heterocycles. The van der Waals surface area contributed by atoms with E-state index in [1.54, 1.807) is 14.1 Å². The van der Waals surface area contributed by atoms with E-state index in [0.29, 0.717) is 5.82 Å². The molecule has 1 heterocycles. The third-order valence-electron chi connectivity index (χ3n) is 2.25. The van der Waals surface area contributed by atoms with Gasteiger partial charge in [0.25, 0.3) is 0 Å². The zero-order valence-corrected chi connectivity index (χ0v) is 10.9. The Bertz CT molecular complexity index is 454. The third kappa shape index (κ3) is 3.19. The van der Waals surface area contributed by atoms with Crippen molar-refractivity contribution in [3.63, 3.8) is 0 Å². The highest BCUT2D eigenvalue weighted by atomic mass is 16.6. The summed E-state index contributed by atoms with van der Waals surface area (Å²) in [4.78, 5) is 27.0. The van der Waals surface area contributed by atoms with Gasteiger partial charge in [0, 0.05) is 20.1 Å². The zero-order chi connectivity index (χ0) is 13.9. The second kappa shape index (κ2) is 5.48. The van der Waals surface area contributed by atoms with Crippen LogP contribution in [0.4, 0.5) is 11.6 Å². The van der Waals surface area contributed by atoms with Crippen molar-refractivity contribution >= 4 is 17.5 Å². The average molecular weight is 255 g/mol. The van der Waals surface area contributed by atoms with Gasteiger partial charge in [-0.1, -0.05) is 0 Å². The molecule has 1 rings (SSSR count).